The molecule has 20 heteroatoms. The van der Waals surface area contributed by atoms with Gasteiger partial charge in [0.25, 0.3) is 0 Å². The van der Waals surface area contributed by atoms with Crippen molar-refractivity contribution in [2.75, 3.05) is 13.1 Å². The first-order chi connectivity index (χ1) is 23.5. The third-order valence-electron chi connectivity index (χ3n) is 7.61. The second-order valence-electron chi connectivity index (χ2n) is 11.6. The van der Waals surface area contributed by atoms with E-state index in [1.165, 1.54) is 24.3 Å². The van der Waals surface area contributed by atoms with Crippen molar-refractivity contribution in [3.05, 3.63) is 29.8 Å². The maximum absolute atomic E-state index is 13.7. The SMILES string of the molecule is NC(=O)CC[C@H](NC(=O)CNC(=O)[C@@H](N)CCC(=O)O)C(=O)N1CCC[C@H]1C(=O)N[C@@H](Cc1ccc(O)cc1)C(=O)N[C@@H](CC(N)=O)C(=O)O. The van der Waals surface area contributed by atoms with Crippen molar-refractivity contribution in [3.63, 3.8) is 0 Å². The van der Waals surface area contributed by atoms with Crippen molar-refractivity contribution < 1.29 is 58.5 Å². The van der Waals surface area contributed by atoms with E-state index < -0.39 is 96.5 Å². The van der Waals surface area contributed by atoms with Crippen LogP contribution in [0.25, 0.3) is 0 Å². The summed E-state index contributed by atoms with van der Waals surface area (Å²) < 4.78 is 0. The van der Waals surface area contributed by atoms with Crippen molar-refractivity contribution in [1.29, 1.82) is 0 Å². The van der Waals surface area contributed by atoms with Gasteiger partial charge in [0.15, 0.2) is 0 Å². The molecule has 0 bridgehead atoms. The number of phenols is 1. The Balaban J connectivity index is 2.21. The Kier molecular flexibility index (Phi) is 15.6. The standard InChI is InChI=1S/C30H42N8O12/c31-17(7-10-25(43)44)26(45)34-14-24(42)35-18(8-9-22(32)40)29(48)38-11-1-2-21(38)28(47)36-19(12-15-3-5-16(39)6-4-15)27(46)37-20(30(49)50)13-23(33)41/h3-6,17-21,39H,1-2,7-14,31H2,(H2,32,40)(H2,33,41)(H,34,45)(H,35,42)(H,36,47)(H,37,46)(H,43,44)(H,49,50)/t17-,18-,19-,20-,21-/m0/s1. The van der Waals surface area contributed by atoms with E-state index in [0.717, 1.165) is 4.90 Å². The van der Waals surface area contributed by atoms with Crippen molar-refractivity contribution in [2.24, 2.45) is 17.2 Å². The number of aromatic hydroxyl groups is 1. The third kappa shape index (κ3) is 13.4. The Morgan fingerprint density at radius 3 is 2.06 bits per heavy atom. The molecule has 0 spiro atoms. The number of carbonyl (C=O) groups is 9. The quantitative estimate of drug-likeness (QED) is 0.0617. The lowest BCUT2D eigenvalue weighted by atomic mass is 10.0. The molecule has 7 amide bonds. The number of carbonyl (C=O) groups excluding carboxylic acids is 7. The smallest absolute Gasteiger partial charge is 0.326 e. The molecule has 20 nitrogen and oxygen atoms in total. The first kappa shape index (κ1) is 40.4. The van der Waals surface area contributed by atoms with Gasteiger partial charge in [-0.15, -0.1) is 0 Å². The number of phenolic OH excluding ortho intramolecular Hbond substituents is 1. The highest BCUT2D eigenvalue weighted by Crippen LogP contribution is 2.21. The molecule has 50 heavy (non-hydrogen) atoms. The number of aliphatic carboxylic acids is 2. The van der Waals surface area contributed by atoms with E-state index in [2.05, 4.69) is 21.3 Å². The average molecular weight is 707 g/mol. The van der Waals surface area contributed by atoms with Crippen LogP contribution in [0.5, 0.6) is 5.75 Å². The molecule has 0 unspecified atom stereocenters. The summed E-state index contributed by atoms with van der Waals surface area (Å²) in [6, 6.07) is -1.30. The number of hydrogen-bond acceptors (Lipinski definition) is 11. The summed E-state index contributed by atoms with van der Waals surface area (Å²) in [5, 5.41) is 37.2. The molecule has 1 saturated heterocycles. The number of benzene rings is 1. The fourth-order valence-corrected chi connectivity index (χ4v) is 5.02. The van der Waals surface area contributed by atoms with E-state index in [1.807, 2.05) is 0 Å². The highest BCUT2D eigenvalue weighted by Gasteiger charge is 2.39. The minimum atomic E-state index is -1.70. The molecule has 274 valence electrons. The maximum atomic E-state index is 13.7. The molecular weight excluding hydrogens is 664 g/mol. The van der Waals surface area contributed by atoms with Crippen LogP contribution >= 0.6 is 0 Å². The van der Waals surface area contributed by atoms with E-state index in [9.17, 15) is 53.4 Å². The van der Waals surface area contributed by atoms with Crippen molar-refractivity contribution in [2.45, 2.75) is 81.6 Å². The molecule has 0 aromatic heterocycles. The number of carboxylic acids is 2. The normalized spacial score (nSPS) is 16.2. The highest BCUT2D eigenvalue weighted by atomic mass is 16.4. The molecule has 1 aliphatic heterocycles. The second kappa shape index (κ2) is 19.3. The lowest BCUT2D eigenvalue weighted by Gasteiger charge is -2.30. The number of amides is 7. The minimum Gasteiger partial charge on any atom is -0.508 e. The van der Waals surface area contributed by atoms with Crippen LogP contribution in [-0.4, -0.2) is 117 Å². The zero-order valence-corrected chi connectivity index (χ0v) is 27.0. The fraction of sp³-hybridized carbons (Fsp3) is 0.500. The van der Waals surface area contributed by atoms with Crippen molar-refractivity contribution in [1.82, 2.24) is 26.2 Å². The molecule has 0 aliphatic carbocycles. The van der Waals surface area contributed by atoms with Gasteiger partial charge >= 0.3 is 11.9 Å². The number of hydrogen-bond donors (Lipinski definition) is 10. The molecule has 1 aromatic rings. The molecule has 1 heterocycles. The van der Waals surface area contributed by atoms with E-state index in [1.54, 1.807) is 0 Å². The largest absolute Gasteiger partial charge is 0.508 e. The average Bonchev–Trinajstić information content (AvgIpc) is 3.54. The van der Waals surface area contributed by atoms with Crippen LogP contribution in [0.2, 0.25) is 0 Å². The third-order valence-corrected chi connectivity index (χ3v) is 7.61. The lowest BCUT2D eigenvalue weighted by molar-refractivity contribution is -0.144. The summed E-state index contributed by atoms with van der Waals surface area (Å²) in [7, 11) is 0. The van der Waals surface area contributed by atoms with Crippen LogP contribution in [0.15, 0.2) is 24.3 Å². The lowest BCUT2D eigenvalue weighted by Crippen LogP contribution is -2.58. The van der Waals surface area contributed by atoms with Gasteiger partial charge in [0.05, 0.1) is 19.0 Å². The highest BCUT2D eigenvalue weighted by molar-refractivity contribution is 5.96. The van der Waals surface area contributed by atoms with Gasteiger partial charge in [0.1, 0.15) is 29.9 Å². The molecule has 1 aliphatic rings. The van der Waals surface area contributed by atoms with Gasteiger partial charge in [0, 0.05) is 25.8 Å². The van der Waals surface area contributed by atoms with Gasteiger partial charge in [0.2, 0.25) is 41.4 Å². The van der Waals surface area contributed by atoms with Crippen LogP contribution in [-0.2, 0) is 49.6 Å². The van der Waals surface area contributed by atoms with Gasteiger partial charge in [-0.05, 0) is 43.4 Å². The number of primary amides is 2. The zero-order chi connectivity index (χ0) is 37.5. The molecule has 1 aromatic carbocycles. The van der Waals surface area contributed by atoms with E-state index >= 15 is 0 Å². The Labute approximate surface area is 285 Å². The molecular formula is C30H42N8O12. The predicted molar refractivity (Wildman–Crippen MR) is 170 cm³/mol. The van der Waals surface area contributed by atoms with Gasteiger partial charge in [-0.3, -0.25) is 38.4 Å². The molecule has 2 rings (SSSR count). The second-order valence-corrected chi connectivity index (χ2v) is 11.6. The fourth-order valence-electron chi connectivity index (χ4n) is 5.02. The van der Waals surface area contributed by atoms with Crippen LogP contribution in [0.1, 0.15) is 50.5 Å². The van der Waals surface area contributed by atoms with Gasteiger partial charge in [-0.2, -0.15) is 0 Å². The summed E-state index contributed by atoms with van der Waals surface area (Å²) >= 11 is 0. The van der Waals surface area contributed by atoms with Crippen LogP contribution in [0.4, 0.5) is 0 Å². The summed E-state index contributed by atoms with van der Waals surface area (Å²) in [6.07, 6.45) is -1.63. The van der Waals surface area contributed by atoms with E-state index in [0.29, 0.717) is 12.0 Å². The van der Waals surface area contributed by atoms with Crippen LogP contribution < -0.4 is 38.5 Å². The Hall–Kier alpha value is -5.79. The number of nitrogens with one attached hydrogen (secondary N) is 4. The molecule has 1 fully saturated rings. The summed E-state index contributed by atoms with van der Waals surface area (Å²) in [6.45, 7) is -0.603. The summed E-state index contributed by atoms with van der Waals surface area (Å²) in [4.78, 5) is 112. The Morgan fingerprint density at radius 1 is 0.820 bits per heavy atom. The first-order valence-corrected chi connectivity index (χ1v) is 15.5. The number of nitrogens with two attached hydrogens (primary N) is 3. The van der Waals surface area contributed by atoms with Crippen LogP contribution in [0.3, 0.4) is 0 Å². The number of likely N-dealkylation sites (tertiary alicyclic amines) is 1. The van der Waals surface area contributed by atoms with Gasteiger partial charge in [-0.25, -0.2) is 4.79 Å². The molecule has 0 saturated carbocycles. The molecule has 0 radical (unpaired) electrons. The maximum Gasteiger partial charge on any atom is 0.326 e. The van der Waals surface area contributed by atoms with Crippen molar-refractivity contribution >= 4 is 53.3 Å². The van der Waals surface area contributed by atoms with E-state index in [-0.39, 0.29) is 50.8 Å². The summed E-state index contributed by atoms with van der Waals surface area (Å²) in [5.74, 6) is -8.82. The Morgan fingerprint density at radius 2 is 1.48 bits per heavy atom. The van der Waals surface area contributed by atoms with Gasteiger partial charge in [-0.1, -0.05) is 12.1 Å². The first-order valence-electron chi connectivity index (χ1n) is 15.5. The zero-order valence-electron chi connectivity index (χ0n) is 27.0. The van der Waals surface area contributed by atoms with E-state index in [4.69, 9.17) is 22.3 Å². The number of nitrogens with zero attached hydrogens (tertiary/aromatic N) is 1. The van der Waals surface area contributed by atoms with Crippen LogP contribution in [0, 0.1) is 0 Å². The topological polar surface area (TPSA) is 344 Å². The van der Waals surface area contributed by atoms with Crippen molar-refractivity contribution in [3.8, 4) is 5.75 Å². The monoisotopic (exact) mass is 706 g/mol. The number of carboxylic acid groups (broad SMARTS) is 2. The molecule has 5 atom stereocenters. The van der Waals surface area contributed by atoms with Gasteiger partial charge < -0.3 is 58.7 Å². The predicted octanol–water partition coefficient (Wildman–Crippen LogP) is -4.09. The minimum absolute atomic E-state index is 0.0452. The number of rotatable bonds is 20. The molecule has 13 N–H and O–H groups in total. The Bertz CT molecular complexity index is 1450. The summed E-state index contributed by atoms with van der Waals surface area (Å²) in [5.41, 5.74) is 16.4.